The molecule has 1 aliphatic rings. The van der Waals surface area contributed by atoms with E-state index < -0.39 is 0 Å². The van der Waals surface area contributed by atoms with Crippen LogP contribution in [-0.2, 0) is 17.8 Å². The van der Waals surface area contributed by atoms with Crippen LogP contribution in [0.25, 0.3) is 6.08 Å². The van der Waals surface area contributed by atoms with E-state index in [1.165, 1.54) is 23.9 Å². The molecule has 1 aliphatic heterocycles. The lowest BCUT2D eigenvalue weighted by Crippen LogP contribution is -2.28. The number of methoxy groups -OCH3 is 1. The monoisotopic (exact) mass is 546 g/mol. The molecule has 202 valence electrons. The van der Waals surface area contributed by atoms with E-state index in [0.29, 0.717) is 41.1 Å². The van der Waals surface area contributed by atoms with Gasteiger partial charge >= 0.3 is 0 Å². The first-order valence-electron chi connectivity index (χ1n) is 12.7. The Labute approximate surface area is 232 Å². The molecule has 6 nitrogen and oxygen atoms in total. The molecular formula is C31H31FN2O4S. The van der Waals surface area contributed by atoms with Gasteiger partial charge in [0.05, 0.1) is 24.3 Å². The smallest absolute Gasteiger partial charge is 0.266 e. The Hall–Kier alpha value is -4.04. The highest BCUT2D eigenvalue weighted by atomic mass is 32.2. The molecule has 1 heterocycles. The fourth-order valence-corrected chi connectivity index (χ4v) is 5.09. The Kier molecular flexibility index (Phi) is 9.44. The molecule has 0 N–H and O–H groups in total. The minimum atomic E-state index is -0.295. The fourth-order valence-electron chi connectivity index (χ4n) is 4.03. The minimum Gasteiger partial charge on any atom is -0.497 e. The number of amidine groups is 1. The van der Waals surface area contributed by atoms with Crippen molar-refractivity contribution >= 4 is 34.6 Å². The molecular weight excluding hydrogens is 515 g/mol. The Morgan fingerprint density at radius 1 is 1.05 bits per heavy atom. The topological polar surface area (TPSA) is 60.4 Å². The average molecular weight is 547 g/mol. The largest absolute Gasteiger partial charge is 0.497 e. The Balaban J connectivity index is 1.65. The molecule has 39 heavy (non-hydrogen) atoms. The van der Waals surface area contributed by atoms with Crippen LogP contribution in [0.5, 0.6) is 17.2 Å². The molecule has 4 rings (SSSR count). The van der Waals surface area contributed by atoms with Crippen molar-refractivity contribution in [1.29, 1.82) is 0 Å². The number of nitrogens with zero attached hydrogens (tertiary/aromatic N) is 2. The molecule has 0 atom stereocenters. The van der Waals surface area contributed by atoms with Gasteiger partial charge in [0.25, 0.3) is 5.91 Å². The molecule has 0 radical (unpaired) electrons. The van der Waals surface area contributed by atoms with E-state index in [2.05, 4.69) is 6.58 Å². The van der Waals surface area contributed by atoms with E-state index in [1.807, 2.05) is 56.3 Å². The summed E-state index contributed by atoms with van der Waals surface area (Å²) in [5.41, 5.74) is 3.26. The number of ether oxygens (including phenoxy) is 3. The number of halogens is 1. The highest BCUT2D eigenvalue weighted by molar-refractivity contribution is 8.18. The Bertz CT molecular complexity index is 1380. The van der Waals surface area contributed by atoms with Crippen molar-refractivity contribution in [2.75, 3.05) is 20.3 Å². The number of hydrogen-bond acceptors (Lipinski definition) is 6. The van der Waals surface area contributed by atoms with Crippen molar-refractivity contribution in [3.63, 3.8) is 0 Å². The summed E-state index contributed by atoms with van der Waals surface area (Å²) in [7, 11) is 1.62. The predicted molar refractivity (Wildman–Crippen MR) is 155 cm³/mol. The van der Waals surface area contributed by atoms with Gasteiger partial charge in [-0.15, -0.1) is 6.58 Å². The van der Waals surface area contributed by atoms with Crippen LogP contribution in [0, 0.1) is 5.82 Å². The first-order chi connectivity index (χ1) is 18.9. The van der Waals surface area contributed by atoms with Crippen molar-refractivity contribution in [1.82, 2.24) is 4.90 Å². The maximum atomic E-state index is 13.3. The number of carbonyl (C=O) groups is 1. The van der Waals surface area contributed by atoms with E-state index in [9.17, 15) is 9.18 Å². The second-order valence-corrected chi connectivity index (χ2v) is 9.61. The number of allylic oxidation sites excluding steroid dienone is 1. The van der Waals surface area contributed by atoms with Crippen LogP contribution < -0.4 is 14.2 Å². The number of carbonyl (C=O) groups excluding carboxylic acids is 1. The maximum absolute atomic E-state index is 13.3. The van der Waals surface area contributed by atoms with Gasteiger partial charge in [0.2, 0.25) is 0 Å². The third kappa shape index (κ3) is 6.89. The summed E-state index contributed by atoms with van der Waals surface area (Å²) < 4.78 is 30.6. The summed E-state index contributed by atoms with van der Waals surface area (Å²) in [4.78, 5) is 20.2. The van der Waals surface area contributed by atoms with E-state index in [1.54, 1.807) is 30.2 Å². The summed E-state index contributed by atoms with van der Waals surface area (Å²) in [6.45, 7) is 8.91. The highest BCUT2D eigenvalue weighted by Crippen LogP contribution is 2.38. The van der Waals surface area contributed by atoms with Gasteiger partial charge in [-0.25, -0.2) is 9.38 Å². The normalized spacial score (nSPS) is 15.2. The Morgan fingerprint density at radius 3 is 2.44 bits per heavy atom. The van der Waals surface area contributed by atoms with Gasteiger partial charge in [-0.05, 0) is 97.8 Å². The van der Waals surface area contributed by atoms with Crippen LogP contribution in [0.3, 0.4) is 0 Å². The van der Waals surface area contributed by atoms with Crippen LogP contribution in [-0.4, -0.2) is 36.2 Å². The molecule has 3 aromatic rings. The summed E-state index contributed by atoms with van der Waals surface area (Å²) in [6.07, 6.45) is 4.19. The summed E-state index contributed by atoms with van der Waals surface area (Å²) >= 11 is 1.34. The molecule has 1 amide bonds. The van der Waals surface area contributed by atoms with Crippen molar-refractivity contribution in [3.8, 4) is 17.2 Å². The number of aliphatic imine (C=N–C) groups is 1. The van der Waals surface area contributed by atoms with Gasteiger partial charge in [-0.1, -0.05) is 18.2 Å². The third-order valence-electron chi connectivity index (χ3n) is 5.91. The number of likely N-dealkylation sites (N-methyl/N-ethyl adjacent to an activating group) is 1. The molecule has 8 heteroatoms. The predicted octanol–water partition coefficient (Wildman–Crippen LogP) is 7.16. The number of rotatable bonds is 11. The number of benzene rings is 3. The number of hydrogen-bond donors (Lipinski definition) is 0. The molecule has 0 unspecified atom stereocenters. The van der Waals surface area contributed by atoms with Gasteiger partial charge in [-0.3, -0.25) is 9.69 Å². The van der Waals surface area contributed by atoms with Crippen LogP contribution in [0.4, 0.5) is 10.1 Å². The summed E-state index contributed by atoms with van der Waals surface area (Å²) in [5.74, 6) is 1.52. The average Bonchev–Trinajstić information content (AvgIpc) is 3.23. The lowest BCUT2D eigenvalue weighted by atomic mass is 10.0. The van der Waals surface area contributed by atoms with E-state index >= 15 is 0 Å². The third-order valence-corrected chi connectivity index (χ3v) is 6.92. The lowest BCUT2D eigenvalue weighted by Gasteiger charge is -2.17. The van der Waals surface area contributed by atoms with Gasteiger partial charge in [0.1, 0.15) is 18.2 Å². The lowest BCUT2D eigenvalue weighted by molar-refractivity contribution is -0.122. The van der Waals surface area contributed by atoms with Crippen molar-refractivity contribution in [3.05, 3.63) is 101 Å². The van der Waals surface area contributed by atoms with Crippen molar-refractivity contribution in [2.24, 2.45) is 4.99 Å². The first kappa shape index (κ1) is 28.0. The maximum Gasteiger partial charge on any atom is 0.266 e. The summed E-state index contributed by atoms with van der Waals surface area (Å²) in [5, 5.41) is 0.620. The molecule has 0 aromatic heterocycles. The molecule has 1 saturated heterocycles. The van der Waals surface area contributed by atoms with Gasteiger partial charge in [0, 0.05) is 12.1 Å². The fraction of sp³-hybridized carbons (Fsp3) is 0.226. The zero-order valence-electron chi connectivity index (χ0n) is 22.3. The molecule has 0 bridgehead atoms. The Morgan fingerprint density at radius 2 is 1.79 bits per heavy atom. The van der Waals surface area contributed by atoms with Gasteiger partial charge in [-0.2, -0.15) is 0 Å². The zero-order chi connectivity index (χ0) is 27.8. The standard InChI is InChI=1S/C31H31FN2O4S/c1-5-8-23-17-22(18-27(37-7-3)29(23)38-20-21-9-11-24(32)12-10-21)19-28-30(35)34(6-2)31(39-28)33-25-13-15-26(36-4)16-14-25/h5,9-19H,1,6-8,20H2,2-4H3/b28-19+,33-31?. The van der Waals surface area contributed by atoms with E-state index in [-0.39, 0.29) is 18.3 Å². The minimum absolute atomic E-state index is 0.102. The van der Waals surface area contributed by atoms with E-state index in [0.717, 1.165) is 28.1 Å². The first-order valence-corrected chi connectivity index (χ1v) is 13.5. The molecule has 0 aliphatic carbocycles. The quantitative estimate of drug-likeness (QED) is 0.189. The molecule has 1 fully saturated rings. The highest BCUT2D eigenvalue weighted by Gasteiger charge is 2.32. The van der Waals surface area contributed by atoms with Crippen LogP contribution in [0.2, 0.25) is 0 Å². The number of amides is 1. The molecule has 3 aromatic carbocycles. The van der Waals surface area contributed by atoms with Crippen LogP contribution >= 0.6 is 11.8 Å². The van der Waals surface area contributed by atoms with Crippen LogP contribution in [0.15, 0.2) is 83.2 Å². The molecule has 0 spiro atoms. The van der Waals surface area contributed by atoms with E-state index in [4.69, 9.17) is 19.2 Å². The van der Waals surface area contributed by atoms with Gasteiger partial charge < -0.3 is 14.2 Å². The summed E-state index contributed by atoms with van der Waals surface area (Å²) in [6, 6.07) is 17.4. The SMILES string of the molecule is C=CCc1cc(/C=C2/SC(=Nc3ccc(OC)cc3)N(CC)C2=O)cc(OCC)c1OCc1ccc(F)cc1. The molecule has 0 saturated carbocycles. The van der Waals surface area contributed by atoms with Crippen molar-refractivity contribution < 1.29 is 23.4 Å². The zero-order valence-corrected chi connectivity index (χ0v) is 23.1. The number of thioether (sulfide) groups is 1. The van der Waals surface area contributed by atoms with Crippen LogP contribution in [0.1, 0.15) is 30.5 Å². The second kappa shape index (κ2) is 13.2. The van der Waals surface area contributed by atoms with Gasteiger partial charge in [0.15, 0.2) is 16.7 Å². The van der Waals surface area contributed by atoms with Crippen molar-refractivity contribution in [2.45, 2.75) is 26.9 Å². The second-order valence-electron chi connectivity index (χ2n) is 8.60.